The molecular formula is C25H35NO4. The zero-order chi connectivity index (χ0) is 22.4. The zero-order valence-electron chi connectivity index (χ0n) is 19.1. The predicted octanol–water partition coefficient (Wildman–Crippen LogP) is 6.61. The highest BCUT2D eigenvalue weighted by molar-refractivity contribution is 5.88. The summed E-state index contributed by atoms with van der Waals surface area (Å²) >= 11 is 0. The van der Waals surface area contributed by atoms with Crippen LogP contribution in [-0.2, 0) is 9.47 Å². The normalized spacial score (nSPS) is 17.4. The molecular weight excluding hydrogens is 378 g/mol. The first-order valence-electron chi connectivity index (χ1n) is 10.6. The monoisotopic (exact) mass is 413 g/mol. The molecule has 164 valence electrons. The summed E-state index contributed by atoms with van der Waals surface area (Å²) in [7, 11) is 0. The van der Waals surface area contributed by atoms with Gasteiger partial charge in [-0.2, -0.15) is 0 Å². The summed E-state index contributed by atoms with van der Waals surface area (Å²) in [5.74, 6) is 0.545. The summed E-state index contributed by atoms with van der Waals surface area (Å²) in [6.45, 7) is 10.7. The number of hydrogen-bond donors (Lipinski definition) is 0. The maximum atomic E-state index is 12.5. The minimum Gasteiger partial charge on any atom is -0.443 e. The molecule has 30 heavy (non-hydrogen) atoms. The van der Waals surface area contributed by atoms with Crippen LogP contribution in [0.3, 0.4) is 0 Å². The molecule has 0 aromatic heterocycles. The van der Waals surface area contributed by atoms with Gasteiger partial charge in [-0.1, -0.05) is 54.1 Å². The lowest BCUT2D eigenvalue weighted by molar-refractivity contribution is 0.00373. The first-order chi connectivity index (χ1) is 13.9. The van der Waals surface area contributed by atoms with E-state index in [9.17, 15) is 9.59 Å². The van der Waals surface area contributed by atoms with Crippen molar-refractivity contribution in [2.75, 3.05) is 6.54 Å². The quantitative estimate of drug-likeness (QED) is 0.557. The lowest BCUT2D eigenvalue weighted by Crippen LogP contribution is -2.43. The fourth-order valence-corrected chi connectivity index (χ4v) is 3.20. The van der Waals surface area contributed by atoms with E-state index in [-0.39, 0.29) is 6.54 Å². The van der Waals surface area contributed by atoms with Crippen molar-refractivity contribution in [1.29, 1.82) is 0 Å². The van der Waals surface area contributed by atoms with Crippen molar-refractivity contribution in [2.24, 2.45) is 0 Å². The van der Waals surface area contributed by atoms with Crippen LogP contribution >= 0.6 is 0 Å². The molecule has 1 aromatic carbocycles. The highest BCUT2D eigenvalue weighted by Crippen LogP contribution is 2.32. The second-order valence-electron chi connectivity index (χ2n) is 9.63. The van der Waals surface area contributed by atoms with Crippen LogP contribution in [0.5, 0.6) is 0 Å². The maximum absolute atomic E-state index is 12.5. The highest BCUT2D eigenvalue weighted by atomic mass is 16.6. The molecule has 0 saturated heterocycles. The number of carbonyl (C=O) groups is 2. The third-order valence-corrected chi connectivity index (χ3v) is 4.56. The van der Waals surface area contributed by atoms with Crippen LogP contribution in [0.15, 0.2) is 54.1 Å². The van der Waals surface area contributed by atoms with Crippen LogP contribution in [0.2, 0.25) is 0 Å². The van der Waals surface area contributed by atoms with Gasteiger partial charge in [-0.3, -0.25) is 0 Å². The van der Waals surface area contributed by atoms with Gasteiger partial charge in [-0.25, -0.2) is 14.5 Å². The summed E-state index contributed by atoms with van der Waals surface area (Å²) in [5.41, 5.74) is 1.20. The predicted molar refractivity (Wildman–Crippen MR) is 119 cm³/mol. The van der Waals surface area contributed by atoms with E-state index < -0.39 is 23.4 Å². The molecule has 5 nitrogen and oxygen atoms in total. The molecule has 1 aromatic rings. The summed E-state index contributed by atoms with van der Waals surface area (Å²) in [6, 6.07) is 10.6. The lowest BCUT2D eigenvalue weighted by Gasteiger charge is -2.28. The molecule has 0 fully saturated rings. The molecule has 0 N–H and O–H groups in total. The van der Waals surface area contributed by atoms with Gasteiger partial charge in [0, 0.05) is 0 Å². The smallest absolute Gasteiger partial charge is 0.420 e. The van der Waals surface area contributed by atoms with Gasteiger partial charge in [-0.15, -0.1) is 0 Å². The largest absolute Gasteiger partial charge is 0.443 e. The first-order valence-corrected chi connectivity index (χ1v) is 10.6. The number of nitrogens with zero attached hydrogens (tertiary/aromatic N) is 1. The van der Waals surface area contributed by atoms with E-state index in [0.717, 1.165) is 24.2 Å². The van der Waals surface area contributed by atoms with Crippen LogP contribution in [0.4, 0.5) is 9.59 Å². The molecule has 1 aliphatic rings. The molecule has 1 atom stereocenters. The van der Waals surface area contributed by atoms with Crippen LogP contribution in [0.1, 0.15) is 72.3 Å². The van der Waals surface area contributed by atoms with Gasteiger partial charge in [0.25, 0.3) is 0 Å². The fourth-order valence-electron chi connectivity index (χ4n) is 3.20. The van der Waals surface area contributed by atoms with Crippen LogP contribution in [0.25, 0.3) is 0 Å². The second kappa shape index (κ2) is 9.96. The number of hydrogen-bond acceptors (Lipinski definition) is 4. The Bertz CT molecular complexity index is 754. The third-order valence-electron chi connectivity index (χ3n) is 4.56. The molecule has 0 spiro atoms. The van der Waals surface area contributed by atoms with E-state index in [1.165, 1.54) is 11.1 Å². The van der Waals surface area contributed by atoms with Crippen molar-refractivity contribution in [2.45, 2.75) is 77.9 Å². The van der Waals surface area contributed by atoms with Crippen molar-refractivity contribution in [3.05, 3.63) is 59.7 Å². The van der Waals surface area contributed by atoms with Gasteiger partial charge in [0.15, 0.2) is 0 Å². The van der Waals surface area contributed by atoms with Gasteiger partial charge in [-0.05, 0) is 72.3 Å². The van der Waals surface area contributed by atoms with E-state index in [1.807, 2.05) is 18.2 Å². The van der Waals surface area contributed by atoms with Gasteiger partial charge < -0.3 is 9.47 Å². The Balaban J connectivity index is 2.01. The molecule has 0 radical (unpaired) electrons. The average molecular weight is 414 g/mol. The molecule has 1 aliphatic carbocycles. The van der Waals surface area contributed by atoms with E-state index in [2.05, 4.69) is 30.3 Å². The zero-order valence-corrected chi connectivity index (χ0v) is 19.1. The number of amides is 2. The van der Waals surface area contributed by atoms with Gasteiger partial charge >= 0.3 is 12.2 Å². The standard InChI is InChI=1S/C25H35NO4/c1-24(2,3)29-22(27)26(23(28)30-25(4,5)6)18-10-11-19-14-16-21(17-15-19)20-12-8-7-9-13-20/h7-14,21H,15-18H2,1-6H3/b11-10+. The Labute approximate surface area is 180 Å². The Morgan fingerprint density at radius 2 is 1.57 bits per heavy atom. The molecule has 0 aliphatic heterocycles. The van der Waals surface area contributed by atoms with Crippen LogP contribution in [-0.4, -0.2) is 34.8 Å². The number of ether oxygens (including phenoxy) is 2. The molecule has 5 heteroatoms. The molecule has 0 heterocycles. The Hall–Kier alpha value is -2.56. The highest BCUT2D eigenvalue weighted by Gasteiger charge is 2.30. The summed E-state index contributed by atoms with van der Waals surface area (Å²) < 4.78 is 10.8. The summed E-state index contributed by atoms with van der Waals surface area (Å²) in [6.07, 6.45) is 7.68. The minimum atomic E-state index is -0.705. The molecule has 0 saturated carbocycles. The van der Waals surface area contributed by atoms with E-state index >= 15 is 0 Å². The van der Waals surface area contributed by atoms with Crippen molar-refractivity contribution in [1.82, 2.24) is 4.90 Å². The molecule has 1 unspecified atom stereocenters. The Morgan fingerprint density at radius 3 is 2.03 bits per heavy atom. The van der Waals surface area contributed by atoms with E-state index in [0.29, 0.717) is 5.92 Å². The van der Waals surface area contributed by atoms with E-state index in [4.69, 9.17) is 9.47 Å². The summed E-state index contributed by atoms with van der Waals surface area (Å²) in [5, 5.41) is 0. The van der Waals surface area contributed by atoms with Crippen molar-refractivity contribution >= 4 is 12.2 Å². The average Bonchev–Trinajstić information content (AvgIpc) is 2.63. The lowest BCUT2D eigenvalue weighted by atomic mass is 9.84. The number of rotatable bonds is 4. The van der Waals surface area contributed by atoms with Crippen LogP contribution < -0.4 is 0 Å². The first kappa shape index (κ1) is 23.7. The van der Waals surface area contributed by atoms with Crippen molar-refractivity contribution in [3.63, 3.8) is 0 Å². The van der Waals surface area contributed by atoms with Gasteiger partial charge in [0.2, 0.25) is 0 Å². The Kier molecular flexibility index (Phi) is 7.88. The number of benzene rings is 1. The Morgan fingerprint density at radius 1 is 1.00 bits per heavy atom. The van der Waals surface area contributed by atoms with Gasteiger partial charge in [0.1, 0.15) is 11.2 Å². The second-order valence-corrected chi connectivity index (χ2v) is 9.63. The fraction of sp³-hybridized carbons (Fsp3) is 0.520. The SMILES string of the molecule is CC(C)(C)OC(=O)N(C/C=C/C1=CCC(c2ccccc2)CC1)C(=O)OC(C)(C)C. The third kappa shape index (κ3) is 8.05. The number of imide groups is 1. The summed E-state index contributed by atoms with van der Waals surface area (Å²) in [4.78, 5) is 26.0. The molecule has 2 rings (SSSR count). The van der Waals surface area contributed by atoms with Crippen molar-refractivity contribution < 1.29 is 19.1 Å². The topological polar surface area (TPSA) is 55.8 Å². The van der Waals surface area contributed by atoms with Crippen LogP contribution in [0, 0.1) is 0 Å². The molecule has 0 bridgehead atoms. The number of carbonyl (C=O) groups excluding carboxylic acids is 2. The minimum absolute atomic E-state index is 0.100. The molecule has 2 amide bonds. The van der Waals surface area contributed by atoms with E-state index in [1.54, 1.807) is 41.5 Å². The number of allylic oxidation sites excluding steroid dienone is 3. The maximum Gasteiger partial charge on any atom is 0.420 e. The van der Waals surface area contributed by atoms with Crippen molar-refractivity contribution in [3.8, 4) is 0 Å². The van der Waals surface area contributed by atoms with Gasteiger partial charge in [0.05, 0.1) is 6.54 Å².